The zero-order valence-electron chi connectivity index (χ0n) is 9.03. The van der Waals surface area contributed by atoms with Gasteiger partial charge in [-0.05, 0) is 19.5 Å². The lowest BCUT2D eigenvalue weighted by atomic mass is 9.92. The molecule has 0 amide bonds. The van der Waals surface area contributed by atoms with E-state index in [2.05, 4.69) is 5.32 Å². The fourth-order valence-corrected chi connectivity index (χ4v) is 1.57. The molecule has 1 aromatic rings. The van der Waals surface area contributed by atoms with Gasteiger partial charge in [-0.15, -0.1) is 0 Å². The Bertz CT molecular complexity index is 367. The third kappa shape index (κ3) is 2.35. The molecule has 0 heterocycles. The monoisotopic (exact) mass is 235 g/mol. The van der Waals surface area contributed by atoms with Crippen molar-refractivity contribution in [3.8, 4) is 0 Å². The Morgan fingerprint density at radius 1 is 1.31 bits per heavy atom. The first-order valence-electron chi connectivity index (χ1n) is 4.90. The largest absolute Gasteiger partial charge is 0.303 e. The summed E-state index contributed by atoms with van der Waals surface area (Å²) in [6, 6.07) is 2.61. The normalized spacial score (nSPS) is 15.2. The zero-order chi connectivity index (χ0) is 12.3. The van der Waals surface area contributed by atoms with Gasteiger partial charge in [-0.25, -0.2) is 17.6 Å². The number of hydrogen-bond donors (Lipinski definition) is 1. The van der Waals surface area contributed by atoms with E-state index in [-0.39, 0.29) is 12.1 Å². The van der Waals surface area contributed by atoms with E-state index in [1.807, 2.05) is 0 Å². The van der Waals surface area contributed by atoms with Crippen molar-refractivity contribution < 1.29 is 17.6 Å². The molecule has 90 valence electrons. The summed E-state index contributed by atoms with van der Waals surface area (Å²) in [6.07, 6.45) is -2.78. The third-order valence-corrected chi connectivity index (χ3v) is 2.47. The van der Waals surface area contributed by atoms with Crippen LogP contribution in [0.2, 0.25) is 0 Å². The van der Waals surface area contributed by atoms with Crippen LogP contribution < -0.4 is 5.32 Å². The van der Waals surface area contributed by atoms with E-state index < -0.39 is 23.6 Å². The molecule has 5 heteroatoms. The van der Waals surface area contributed by atoms with Crippen LogP contribution in [0.15, 0.2) is 18.2 Å². The first kappa shape index (κ1) is 13.0. The Hall–Kier alpha value is -1.10. The first-order chi connectivity index (χ1) is 7.41. The van der Waals surface area contributed by atoms with Crippen molar-refractivity contribution in [3.05, 3.63) is 35.4 Å². The molecule has 0 aliphatic carbocycles. The van der Waals surface area contributed by atoms with Gasteiger partial charge in [0.2, 0.25) is 0 Å². The van der Waals surface area contributed by atoms with Crippen LogP contribution in [0.3, 0.4) is 0 Å². The average Bonchev–Trinajstić information content (AvgIpc) is 2.17. The number of halogens is 4. The molecule has 0 spiro atoms. The van der Waals surface area contributed by atoms with Crippen molar-refractivity contribution in [3.63, 3.8) is 0 Å². The van der Waals surface area contributed by atoms with E-state index >= 15 is 0 Å². The lowest BCUT2D eigenvalue weighted by Gasteiger charge is -2.30. The van der Waals surface area contributed by atoms with E-state index in [1.54, 1.807) is 6.92 Å². The predicted octanol–water partition coefficient (Wildman–Crippen LogP) is 3.05. The van der Waals surface area contributed by atoms with E-state index in [9.17, 15) is 17.6 Å². The highest BCUT2D eigenvalue weighted by molar-refractivity contribution is 5.27. The minimum absolute atomic E-state index is 0.231. The minimum atomic E-state index is -2.78. The molecule has 0 fully saturated rings. The summed E-state index contributed by atoms with van der Waals surface area (Å²) in [7, 11) is 0. The Morgan fingerprint density at radius 3 is 2.38 bits per heavy atom. The molecule has 0 aliphatic rings. The van der Waals surface area contributed by atoms with Gasteiger partial charge < -0.3 is 5.32 Å². The van der Waals surface area contributed by atoms with Crippen molar-refractivity contribution in [1.29, 1.82) is 0 Å². The molecule has 1 aromatic carbocycles. The fourth-order valence-electron chi connectivity index (χ4n) is 1.57. The highest BCUT2D eigenvalue weighted by Gasteiger charge is 2.38. The molecule has 1 nitrogen and oxygen atoms in total. The molecule has 0 radical (unpaired) electrons. The van der Waals surface area contributed by atoms with Crippen LogP contribution in [-0.4, -0.2) is 13.0 Å². The summed E-state index contributed by atoms with van der Waals surface area (Å²) in [5.74, 6) is -1.75. The molecular formula is C11H13F4N. The number of hydrogen-bond acceptors (Lipinski definition) is 1. The van der Waals surface area contributed by atoms with E-state index in [0.717, 1.165) is 12.1 Å². The van der Waals surface area contributed by atoms with Crippen LogP contribution in [0, 0.1) is 11.6 Å². The van der Waals surface area contributed by atoms with Crippen molar-refractivity contribution in [2.24, 2.45) is 0 Å². The lowest BCUT2D eigenvalue weighted by molar-refractivity contribution is 0.0372. The van der Waals surface area contributed by atoms with E-state index in [1.165, 1.54) is 6.92 Å². The Kier molecular flexibility index (Phi) is 3.91. The Labute approximate surface area is 91.5 Å². The van der Waals surface area contributed by atoms with Gasteiger partial charge >= 0.3 is 0 Å². The maximum Gasteiger partial charge on any atom is 0.260 e. The van der Waals surface area contributed by atoms with Crippen LogP contribution >= 0.6 is 0 Å². The van der Waals surface area contributed by atoms with Crippen LogP contribution in [0.5, 0.6) is 0 Å². The number of rotatable bonds is 4. The summed E-state index contributed by atoms with van der Waals surface area (Å²) >= 11 is 0. The molecule has 1 unspecified atom stereocenters. The molecule has 0 aliphatic heterocycles. The first-order valence-corrected chi connectivity index (χ1v) is 4.90. The zero-order valence-corrected chi connectivity index (χ0v) is 9.03. The van der Waals surface area contributed by atoms with Gasteiger partial charge in [0.05, 0.1) is 0 Å². The second-order valence-corrected chi connectivity index (χ2v) is 3.66. The lowest BCUT2D eigenvalue weighted by Crippen LogP contribution is -2.46. The molecule has 0 saturated heterocycles. The van der Waals surface area contributed by atoms with E-state index in [4.69, 9.17) is 0 Å². The molecule has 1 N–H and O–H groups in total. The van der Waals surface area contributed by atoms with Gasteiger partial charge in [-0.1, -0.05) is 13.0 Å². The molecule has 0 aromatic heterocycles. The predicted molar refractivity (Wildman–Crippen MR) is 53.4 cm³/mol. The molecule has 0 bridgehead atoms. The van der Waals surface area contributed by atoms with Crippen molar-refractivity contribution in [2.45, 2.75) is 25.8 Å². The highest BCUT2D eigenvalue weighted by atomic mass is 19.3. The number of alkyl halides is 2. The quantitative estimate of drug-likeness (QED) is 0.791. The summed E-state index contributed by atoms with van der Waals surface area (Å²) in [4.78, 5) is 0. The topological polar surface area (TPSA) is 12.0 Å². The Morgan fingerprint density at radius 2 is 1.94 bits per heavy atom. The van der Waals surface area contributed by atoms with Gasteiger partial charge in [0, 0.05) is 11.6 Å². The molecule has 1 atom stereocenters. The molecule has 0 saturated carbocycles. The smallest absolute Gasteiger partial charge is 0.260 e. The van der Waals surface area contributed by atoms with Crippen LogP contribution in [0.25, 0.3) is 0 Å². The van der Waals surface area contributed by atoms with Gasteiger partial charge in [-0.2, -0.15) is 0 Å². The summed E-state index contributed by atoms with van der Waals surface area (Å²) < 4.78 is 51.9. The second-order valence-electron chi connectivity index (χ2n) is 3.66. The summed E-state index contributed by atoms with van der Waals surface area (Å²) in [5.41, 5.74) is -2.03. The SMILES string of the molecule is CCNC(C)(c1ccc(F)cc1F)C(F)F. The fraction of sp³-hybridized carbons (Fsp3) is 0.455. The van der Waals surface area contributed by atoms with Gasteiger partial charge in [0.25, 0.3) is 6.43 Å². The minimum Gasteiger partial charge on any atom is -0.303 e. The van der Waals surface area contributed by atoms with Crippen molar-refractivity contribution in [2.75, 3.05) is 6.54 Å². The van der Waals surface area contributed by atoms with Gasteiger partial charge in [0.1, 0.15) is 17.2 Å². The molecular weight excluding hydrogens is 222 g/mol. The van der Waals surface area contributed by atoms with Gasteiger partial charge in [0.15, 0.2) is 0 Å². The van der Waals surface area contributed by atoms with E-state index in [0.29, 0.717) is 6.07 Å². The van der Waals surface area contributed by atoms with Crippen molar-refractivity contribution in [1.82, 2.24) is 5.32 Å². The maximum absolute atomic E-state index is 13.4. The van der Waals surface area contributed by atoms with Crippen molar-refractivity contribution >= 4 is 0 Å². The second kappa shape index (κ2) is 4.82. The van der Waals surface area contributed by atoms with Crippen LogP contribution in [0.1, 0.15) is 19.4 Å². The van der Waals surface area contributed by atoms with Gasteiger partial charge in [-0.3, -0.25) is 0 Å². The summed E-state index contributed by atoms with van der Waals surface area (Å²) in [5, 5.41) is 2.52. The number of nitrogens with one attached hydrogen (secondary N) is 1. The van der Waals surface area contributed by atoms with Crippen LogP contribution in [0.4, 0.5) is 17.6 Å². The standard InChI is InChI=1S/C11H13F4N/c1-3-16-11(2,10(14)15)8-5-4-7(12)6-9(8)13/h4-6,10,16H,3H2,1-2H3. The Balaban J connectivity index is 3.21. The maximum atomic E-state index is 13.4. The summed E-state index contributed by atoms with van der Waals surface area (Å²) in [6.45, 7) is 3.09. The van der Waals surface area contributed by atoms with Crippen LogP contribution in [-0.2, 0) is 5.54 Å². The number of benzene rings is 1. The highest BCUT2D eigenvalue weighted by Crippen LogP contribution is 2.30. The molecule has 16 heavy (non-hydrogen) atoms. The average molecular weight is 235 g/mol. The molecule has 1 rings (SSSR count). The third-order valence-electron chi connectivity index (χ3n) is 2.47.